The molecule has 2 heterocycles. The van der Waals surface area contributed by atoms with E-state index in [4.69, 9.17) is 0 Å². The number of carbonyl (C=O) groups is 1. The number of nitrogens with one attached hydrogen (secondary N) is 1. The molecule has 2 aromatic carbocycles. The number of rotatable bonds is 5. The fourth-order valence-electron chi connectivity index (χ4n) is 2.92. The number of aryl methyl sites for hydroxylation is 1. The number of nitrogens with zero attached hydrogens (tertiary/aromatic N) is 6. The van der Waals surface area contributed by atoms with Crippen molar-refractivity contribution in [1.82, 2.24) is 29.8 Å². The number of amides is 1. The van der Waals surface area contributed by atoms with Gasteiger partial charge < -0.3 is 9.88 Å². The fourth-order valence-corrected chi connectivity index (χ4v) is 2.92. The summed E-state index contributed by atoms with van der Waals surface area (Å²) < 4.78 is 3.49. The summed E-state index contributed by atoms with van der Waals surface area (Å²) >= 11 is 0. The summed E-state index contributed by atoms with van der Waals surface area (Å²) in [6.07, 6.45) is 2.27. The number of fused-ring (bicyclic) bond motifs is 1. The minimum Gasteiger partial charge on any atom is -0.324 e. The molecule has 0 saturated carbocycles. The number of hydrogen-bond donors (Lipinski definition) is 1. The van der Waals surface area contributed by atoms with Gasteiger partial charge in [0.05, 0.1) is 16.7 Å². The van der Waals surface area contributed by atoms with E-state index >= 15 is 0 Å². The predicted octanol–water partition coefficient (Wildman–Crippen LogP) is 2.21. The van der Waals surface area contributed by atoms with Crippen LogP contribution in [0.4, 0.5) is 5.69 Å². The number of tetrazole rings is 1. The van der Waals surface area contributed by atoms with Crippen molar-refractivity contribution in [2.45, 2.75) is 19.9 Å². The Morgan fingerprint density at radius 1 is 1.15 bits per heavy atom. The normalized spacial score (nSPS) is 11.0. The van der Waals surface area contributed by atoms with Crippen LogP contribution in [0.5, 0.6) is 0 Å². The Bertz CT molecular complexity index is 1050. The Balaban J connectivity index is 1.56. The van der Waals surface area contributed by atoms with Crippen molar-refractivity contribution in [1.29, 1.82) is 0 Å². The van der Waals surface area contributed by atoms with Crippen LogP contribution in [-0.2, 0) is 17.8 Å². The van der Waals surface area contributed by atoms with Crippen molar-refractivity contribution in [3.63, 3.8) is 0 Å². The second-order valence-corrected chi connectivity index (χ2v) is 5.81. The molecular weight excluding hydrogens is 330 g/mol. The van der Waals surface area contributed by atoms with E-state index in [1.807, 2.05) is 60.0 Å². The molecule has 0 atom stereocenters. The third-order valence-electron chi connectivity index (χ3n) is 4.10. The fraction of sp³-hybridized carbons (Fsp3) is 0.167. The van der Waals surface area contributed by atoms with E-state index in [1.165, 1.54) is 11.0 Å². The molecule has 0 aliphatic rings. The van der Waals surface area contributed by atoms with E-state index in [-0.39, 0.29) is 12.5 Å². The summed E-state index contributed by atoms with van der Waals surface area (Å²) in [6.45, 7) is 2.24. The van der Waals surface area contributed by atoms with Gasteiger partial charge in [0.2, 0.25) is 5.91 Å². The largest absolute Gasteiger partial charge is 0.324 e. The van der Waals surface area contributed by atoms with Crippen molar-refractivity contribution in [3.05, 3.63) is 60.7 Å². The first-order valence-corrected chi connectivity index (χ1v) is 8.32. The maximum Gasteiger partial charge on any atom is 0.244 e. The molecule has 0 aliphatic heterocycles. The van der Waals surface area contributed by atoms with Gasteiger partial charge in [-0.25, -0.2) is 9.67 Å². The van der Waals surface area contributed by atoms with E-state index in [1.54, 1.807) is 0 Å². The topological polar surface area (TPSA) is 90.5 Å². The summed E-state index contributed by atoms with van der Waals surface area (Å²) in [6, 6.07) is 15.2. The monoisotopic (exact) mass is 347 g/mol. The van der Waals surface area contributed by atoms with Gasteiger partial charge in [-0.2, -0.15) is 0 Å². The van der Waals surface area contributed by atoms with E-state index in [0.717, 1.165) is 29.0 Å². The molecule has 0 radical (unpaired) electrons. The zero-order valence-corrected chi connectivity index (χ0v) is 14.2. The molecule has 0 saturated heterocycles. The smallest absolute Gasteiger partial charge is 0.244 e. The molecular formula is C18H17N7O. The molecule has 0 aliphatic carbocycles. The van der Waals surface area contributed by atoms with Crippen LogP contribution >= 0.6 is 0 Å². The molecule has 0 bridgehead atoms. The van der Waals surface area contributed by atoms with Gasteiger partial charge >= 0.3 is 0 Å². The summed E-state index contributed by atoms with van der Waals surface area (Å²) in [5.74, 6) is 0.778. The molecule has 1 N–H and O–H groups in total. The van der Waals surface area contributed by atoms with Crippen LogP contribution in [0, 0.1) is 0 Å². The van der Waals surface area contributed by atoms with Crippen LogP contribution in [0.2, 0.25) is 0 Å². The van der Waals surface area contributed by atoms with Gasteiger partial charge in [-0.3, -0.25) is 4.79 Å². The Morgan fingerprint density at radius 2 is 2.04 bits per heavy atom. The molecule has 8 nitrogen and oxygen atoms in total. The number of anilines is 1. The van der Waals surface area contributed by atoms with E-state index in [2.05, 4.69) is 25.8 Å². The lowest BCUT2D eigenvalue weighted by atomic mass is 10.2. The van der Waals surface area contributed by atoms with Gasteiger partial charge in [-0.15, -0.1) is 5.10 Å². The van der Waals surface area contributed by atoms with E-state index in [9.17, 15) is 4.79 Å². The van der Waals surface area contributed by atoms with E-state index < -0.39 is 0 Å². The Morgan fingerprint density at radius 3 is 2.85 bits per heavy atom. The highest BCUT2D eigenvalue weighted by Gasteiger charge is 2.12. The van der Waals surface area contributed by atoms with E-state index in [0.29, 0.717) is 5.69 Å². The average Bonchev–Trinajstić information content (AvgIpc) is 3.30. The summed E-state index contributed by atoms with van der Waals surface area (Å²) in [5.41, 5.74) is 3.32. The standard InChI is InChI=1S/C18H17N7O/c1-2-17-21-15-8-3-4-9-16(15)24(17)11-18(26)20-13-6-5-7-14(10-13)25-12-19-22-23-25/h3-10,12H,2,11H2,1H3,(H,20,26). The van der Waals surface area contributed by atoms with Crippen LogP contribution in [0.15, 0.2) is 54.9 Å². The van der Waals surface area contributed by atoms with Gasteiger partial charge in [-0.1, -0.05) is 25.1 Å². The molecule has 130 valence electrons. The molecule has 2 aromatic heterocycles. The van der Waals surface area contributed by atoms with Gasteiger partial charge in [-0.05, 0) is 40.8 Å². The second kappa shape index (κ2) is 6.75. The Kier molecular flexibility index (Phi) is 4.14. The minimum atomic E-state index is -0.114. The maximum atomic E-state index is 12.6. The van der Waals surface area contributed by atoms with Crippen LogP contribution in [0.25, 0.3) is 16.7 Å². The van der Waals surface area contributed by atoms with Crippen LogP contribution < -0.4 is 5.32 Å². The third kappa shape index (κ3) is 3.04. The highest BCUT2D eigenvalue weighted by Crippen LogP contribution is 2.17. The number of aromatic nitrogens is 6. The zero-order chi connectivity index (χ0) is 17.9. The summed E-state index contributed by atoms with van der Waals surface area (Å²) in [4.78, 5) is 17.2. The van der Waals surface area contributed by atoms with Gasteiger partial charge in [0.15, 0.2) is 0 Å². The predicted molar refractivity (Wildman–Crippen MR) is 96.9 cm³/mol. The molecule has 0 unspecified atom stereocenters. The number of benzene rings is 2. The minimum absolute atomic E-state index is 0.114. The highest BCUT2D eigenvalue weighted by molar-refractivity contribution is 5.92. The zero-order valence-electron chi connectivity index (χ0n) is 14.2. The van der Waals surface area contributed by atoms with Crippen molar-refractivity contribution >= 4 is 22.6 Å². The summed E-state index contributed by atoms with van der Waals surface area (Å²) in [5, 5.41) is 14.0. The number of imidazole rings is 1. The van der Waals surface area contributed by atoms with Crippen molar-refractivity contribution < 1.29 is 4.79 Å². The molecule has 0 spiro atoms. The molecule has 0 fully saturated rings. The third-order valence-corrected chi connectivity index (χ3v) is 4.10. The van der Waals surface area contributed by atoms with Gasteiger partial charge in [0, 0.05) is 12.1 Å². The Hall–Kier alpha value is -3.55. The van der Waals surface area contributed by atoms with Crippen molar-refractivity contribution in [2.24, 2.45) is 0 Å². The van der Waals surface area contributed by atoms with Gasteiger partial charge in [0.25, 0.3) is 0 Å². The molecule has 4 aromatic rings. The lowest BCUT2D eigenvalue weighted by Crippen LogP contribution is -2.20. The first-order valence-electron chi connectivity index (χ1n) is 8.32. The Labute approximate surface area is 149 Å². The number of hydrogen-bond acceptors (Lipinski definition) is 5. The summed E-state index contributed by atoms with van der Waals surface area (Å²) in [7, 11) is 0. The molecule has 1 amide bonds. The molecule has 26 heavy (non-hydrogen) atoms. The lowest BCUT2D eigenvalue weighted by molar-refractivity contribution is -0.116. The molecule has 4 rings (SSSR count). The lowest BCUT2D eigenvalue weighted by Gasteiger charge is -2.10. The SMILES string of the molecule is CCc1nc2ccccc2n1CC(=O)Nc1cccc(-n2cnnn2)c1. The second-order valence-electron chi connectivity index (χ2n) is 5.81. The van der Waals surface area contributed by atoms with Crippen molar-refractivity contribution in [3.8, 4) is 5.69 Å². The number of para-hydroxylation sites is 2. The van der Waals surface area contributed by atoms with Crippen LogP contribution in [-0.4, -0.2) is 35.7 Å². The average molecular weight is 347 g/mol. The van der Waals surface area contributed by atoms with Crippen LogP contribution in [0.1, 0.15) is 12.7 Å². The van der Waals surface area contributed by atoms with Gasteiger partial charge in [0.1, 0.15) is 18.7 Å². The first-order chi connectivity index (χ1) is 12.7. The maximum absolute atomic E-state index is 12.6. The quantitative estimate of drug-likeness (QED) is 0.598. The number of carbonyl (C=O) groups excluding carboxylic acids is 1. The van der Waals surface area contributed by atoms with Crippen molar-refractivity contribution in [2.75, 3.05) is 5.32 Å². The molecule has 8 heteroatoms. The van der Waals surface area contributed by atoms with Crippen LogP contribution in [0.3, 0.4) is 0 Å². The highest BCUT2D eigenvalue weighted by atomic mass is 16.1. The first kappa shape index (κ1) is 15.9.